The van der Waals surface area contributed by atoms with Gasteiger partial charge in [-0.05, 0) is 74.0 Å². The van der Waals surface area contributed by atoms with Gasteiger partial charge >= 0.3 is 5.97 Å². The summed E-state index contributed by atoms with van der Waals surface area (Å²) in [5.74, 6) is -2.58. The molecule has 5 aromatic heterocycles. The maximum absolute atomic E-state index is 14.6. The molecular weight excluding hydrogens is 1240 g/mol. The van der Waals surface area contributed by atoms with Crippen molar-refractivity contribution >= 4 is 113 Å². The Balaban J connectivity index is 0.497. The van der Waals surface area contributed by atoms with Gasteiger partial charge in [0.2, 0.25) is 11.9 Å². The Morgan fingerprint density at radius 2 is 1.31 bits per heavy atom. The smallest absolute Gasteiger partial charge is 0.326 e. The molecule has 4 amide bonds. The van der Waals surface area contributed by atoms with E-state index in [0.717, 1.165) is 60.1 Å². The summed E-state index contributed by atoms with van der Waals surface area (Å²) >= 11 is 0. The SMILES string of the molecule is COC1[C@H](N(C)C(=O)c2ccc(C(=O)NCCOCCOCCOCCOCCOCCNC(=O)CCC(NC(=O)c3ccc(N(C)Cc4cnc5nc(N)nc(N)c5n4)cc3)C(=O)O)cc2)C[C@H]2O[C@]1(C)n1c3ccccc3c3c4c[nH]c(O)c4c4c5ccccc5n2c4c31. The number of carbonyl (C=O) groups excluding carboxylic acids is 4. The topological polar surface area (TPSA) is 362 Å². The van der Waals surface area contributed by atoms with Gasteiger partial charge in [0.1, 0.15) is 18.4 Å². The largest absolute Gasteiger partial charge is 0.494 e. The van der Waals surface area contributed by atoms with Crippen LogP contribution in [0.15, 0.2) is 109 Å². The number of amides is 4. The predicted molar refractivity (Wildman–Crippen MR) is 358 cm³/mol. The normalized spacial score (nSPS) is 17.0. The number of nitrogen functional groups attached to an aromatic ring is 2. The van der Waals surface area contributed by atoms with Crippen LogP contribution in [-0.4, -0.2) is 197 Å². The molecule has 0 radical (unpaired) electrons. The number of aromatic hydroxyl groups is 1. The monoisotopic (exact) mass is 1310 g/mol. The van der Waals surface area contributed by atoms with Crippen LogP contribution in [0, 0.1) is 0 Å². The van der Waals surface area contributed by atoms with Gasteiger partial charge in [0.05, 0.1) is 118 Å². The molecule has 502 valence electrons. The summed E-state index contributed by atoms with van der Waals surface area (Å²) in [6.45, 7) is 5.97. The lowest BCUT2D eigenvalue weighted by molar-refractivity contribution is -0.264. The number of aromatic amines is 1. The molecule has 1 fully saturated rings. The molecule has 5 atom stereocenters. The van der Waals surface area contributed by atoms with Crippen LogP contribution in [0.2, 0.25) is 0 Å². The number of H-pyrrole nitrogens is 1. The highest BCUT2D eigenvalue weighted by Crippen LogP contribution is 2.55. The van der Waals surface area contributed by atoms with E-state index >= 15 is 0 Å². The van der Waals surface area contributed by atoms with Crippen LogP contribution >= 0.6 is 0 Å². The number of hydrogen-bond acceptors (Lipinski definition) is 20. The first-order valence-corrected chi connectivity index (χ1v) is 31.6. The third-order valence-electron chi connectivity index (χ3n) is 17.6. The van der Waals surface area contributed by atoms with Crippen molar-refractivity contribution in [2.45, 2.75) is 62.9 Å². The maximum atomic E-state index is 14.6. The number of anilines is 3. The fourth-order valence-electron chi connectivity index (χ4n) is 13.1. The molecule has 0 saturated carbocycles. The van der Waals surface area contributed by atoms with E-state index in [1.807, 2.05) is 49.3 Å². The number of carboxylic acids is 1. The number of carboxylic acid groups (broad SMARTS) is 1. The third kappa shape index (κ3) is 13.4. The molecule has 10 aromatic rings. The number of nitrogens with one attached hydrogen (secondary N) is 4. The number of ether oxygens (including phenoxy) is 7. The van der Waals surface area contributed by atoms with Crippen molar-refractivity contribution in [3.8, 4) is 5.88 Å². The Morgan fingerprint density at radius 3 is 1.97 bits per heavy atom. The number of aromatic nitrogens is 7. The predicted octanol–water partition coefficient (Wildman–Crippen LogP) is 5.98. The number of nitrogens with zero attached hydrogens (tertiary/aromatic N) is 8. The second-order valence-electron chi connectivity index (χ2n) is 23.7. The Bertz CT molecular complexity index is 4520. The zero-order chi connectivity index (χ0) is 67.2. The number of hydrogen-bond donors (Lipinski definition) is 8. The summed E-state index contributed by atoms with van der Waals surface area (Å²) in [5.41, 5.74) is 17.3. The van der Waals surface area contributed by atoms with Gasteiger partial charge in [-0.2, -0.15) is 9.97 Å². The summed E-state index contributed by atoms with van der Waals surface area (Å²) < 4.78 is 46.1. The number of para-hydroxylation sites is 2. The van der Waals surface area contributed by atoms with E-state index in [1.165, 1.54) is 0 Å². The summed E-state index contributed by atoms with van der Waals surface area (Å²) in [6, 6.07) is 27.8. The zero-order valence-electron chi connectivity index (χ0n) is 53.5. The molecule has 2 aliphatic rings. The molecule has 2 unspecified atom stereocenters. The van der Waals surface area contributed by atoms with Crippen LogP contribution in [0.3, 0.4) is 0 Å². The summed E-state index contributed by atoms with van der Waals surface area (Å²) in [6.07, 6.45) is 2.42. The van der Waals surface area contributed by atoms with Gasteiger partial charge in [-0.1, -0.05) is 36.4 Å². The number of fused-ring (bicyclic) bond motifs is 14. The van der Waals surface area contributed by atoms with Gasteiger partial charge < -0.3 is 94.7 Å². The van der Waals surface area contributed by atoms with E-state index in [0.29, 0.717) is 81.6 Å². The van der Waals surface area contributed by atoms with Gasteiger partial charge in [-0.25, -0.2) is 14.8 Å². The first-order chi connectivity index (χ1) is 46.5. The number of carbonyl (C=O) groups is 5. The van der Waals surface area contributed by atoms with Crippen LogP contribution in [0.1, 0.15) is 69.2 Å². The Morgan fingerprint density at radius 1 is 0.719 bits per heavy atom. The van der Waals surface area contributed by atoms with Crippen LogP contribution in [-0.2, 0) is 55.0 Å². The lowest BCUT2D eigenvalue weighted by atomic mass is 9.91. The molecule has 2 aliphatic heterocycles. The lowest BCUT2D eigenvalue weighted by Crippen LogP contribution is -2.61. The molecule has 5 aromatic carbocycles. The molecule has 10 N–H and O–H groups in total. The van der Waals surface area contributed by atoms with Gasteiger partial charge in [-0.15, -0.1) is 0 Å². The van der Waals surface area contributed by atoms with Crippen molar-refractivity contribution in [1.82, 2.24) is 54.9 Å². The fourth-order valence-corrected chi connectivity index (χ4v) is 13.1. The first-order valence-electron chi connectivity index (χ1n) is 31.6. The average Bonchev–Trinajstić information content (AvgIpc) is 1.50. The Labute approximate surface area is 550 Å². The van der Waals surface area contributed by atoms with Crippen LogP contribution < -0.4 is 32.3 Å². The highest BCUT2D eigenvalue weighted by atomic mass is 16.6. The van der Waals surface area contributed by atoms with Crippen LogP contribution in [0.25, 0.3) is 65.5 Å². The molecular formula is C68H76N14O14. The minimum atomic E-state index is -1.29. The van der Waals surface area contributed by atoms with Gasteiger partial charge in [-0.3, -0.25) is 19.2 Å². The summed E-state index contributed by atoms with van der Waals surface area (Å²) in [4.78, 5) is 88.7. The van der Waals surface area contributed by atoms with Crippen molar-refractivity contribution in [1.29, 1.82) is 0 Å². The van der Waals surface area contributed by atoms with Crippen molar-refractivity contribution in [2.75, 3.05) is 117 Å². The second kappa shape index (κ2) is 28.9. The minimum absolute atomic E-state index is 0.00126. The van der Waals surface area contributed by atoms with Crippen molar-refractivity contribution in [3.05, 3.63) is 132 Å². The number of likely N-dealkylation sites (N-methyl/N-ethyl adjacent to an activating group) is 1. The van der Waals surface area contributed by atoms with E-state index in [-0.39, 0.29) is 92.3 Å². The Kier molecular flexibility index (Phi) is 19.8. The van der Waals surface area contributed by atoms with E-state index in [1.54, 1.807) is 73.8 Å². The van der Waals surface area contributed by atoms with Gasteiger partial charge in [0.15, 0.2) is 28.6 Å². The van der Waals surface area contributed by atoms with E-state index in [9.17, 15) is 34.2 Å². The van der Waals surface area contributed by atoms with Gasteiger partial charge in [0, 0.05) is 103 Å². The summed E-state index contributed by atoms with van der Waals surface area (Å²) in [5, 5.41) is 34.8. The van der Waals surface area contributed by atoms with E-state index in [4.69, 9.17) is 44.6 Å². The van der Waals surface area contributed by atoms with Crippen molar-refractivity contribution < 1.29 is 67.3 Å². The number of aliphatic carboxylic acids is 1. The van der Waals surface area contributed by atoms with E-state index in [2.05, 4.69) is 74.3 Å². The number of nitrogens with two attached hydrogens (primary N) is 2. The molecule has 12 rings (SSSR count). The Hall–Kier alpha value is -10.1. The number of methoxy groups -OCH3 is 1. The van der Waals surface area contributed by atoms with E-state index < -0.39 is 42.0 Å². The molecule has 1 saturated heterocycles. The minimum Gasteiger partial charge on any atom is -0.494 e. The van der Waals surface area contributed by atoms with Gasteiger partial charge in [0.25, 0.3) is 17.7 Å². The standard InChI is InChI=1S/C68H76N14O14/c1-68-59(90-4)50(35-52(96-68)81-48-11-7-5-9-44(48)54-55-46(37-74-64(55)86)53-45-10-6-8-12-49(45)82(68)58(53)57(54)81)80(3)65(87)41-15-13-39(14-16-41)62(84)72-24-26-92-28-30-94-32-34-95-33-31-93-29-27-91-25-23-71-51(83)22-21-47(66(88)89)76-63(85)40-17-19-43(20-18-40)79(2)38-42-36-73-61-56(75-42)60(69)77-67(70)78-61/h5-20,36-37,47,50,52,59,74,86H,21-35,38H2,1-4H3,(H,71,83)(H,72,84)(H,76,85)(H,88,89)(H4,69,70,73,77,78)/t47?,50-,52-,59?,68+/m1/s1. The fraction of sp³-hybridized carbons (Fsp3) is 0.368. The molecule has 0 aliphatic carbocycles. The maximum Gasteiger partial charge on any atom is 0.326 e. The second-order valence-corrected chi connectivity index (χ2v) is 23.7. The van der Waals surface area contributed by atoms with Crippen molar-refractivity contribution in [2.24, 2.45) is 0 Å². The zero-order valence-corrected chi connectivity index (χ0v) is 53.5. The van der Waals surface area contributed by atoms with Crippen molar-refractivity contribution in [3.63, 3.8) is 0 Å². The molecule has 0 spiro atoms. The molecule has 28 nitrogen and oxygen atoms in total. The quantitative estimate of drug-likeness (QED) is 0.0232. The van der Waals surface area contributed by atoms with Crippen LogP contribution in [0.4, 0.5) is 17.5 Å². The number of rotatable bonds is 31. The first kappa shape index (κ1) is 66.0. The molecule has 2 bridgehead atoms. The lowest BCUT2D eigenvalue weighted by Gasteiger charge is -2.50. The highest BCUT2D eigenvalue weighted by molar-refractivity contribution is 6.37. The molecule has 96 heavy (non-hydrogen) atoms. The average molecular weight is 1310 g/mol. The number of benzene rings is 5. The summed E-state index contributed by atoms with van der Waals surface area (Å²) in [7, 11) is 5.28. The highest BCUT2D eigenvalue weighted by Gasteiger charge is 2.55. The third-order valence-corrected chi connectivity index (χ3v) is 17.6. The molecule has 28 heteroatoms. The molecule has 7 heterocycles. The van der Waals surface area contributed by atoms with Crippen LogP contribution in [0.5, 0.6) is 5.88 Å².